The summed E-state index contributed by atoms with van der Waals surface area (Å²) in [6.45, 7) is 10.7. The van der Waals surface area contributed by atoms with Gasteiger partial charge in [-0.15, -0.1) is 0 Å². The van der Waals surface area contributed by atoms with Crippen molar-refractivity contribution in [2.24, 2.45) is 0 Å². The Morgan fingerprint density at radius 2 is 1.52 bits per heavy atom. The van der Waals surface area contributed by atoms with E-state index in [0.717, 1.165) is 11.4 Å². The number of amides is 2. The first-order valence-corrected chi connectivity index (χ1v) is 9.17. The van der Waals surface area contributed by atoms with Gasteiger partial charge in [0.1, 0.15) is 0 Å². The summed E-state index contributed by atoms with van der Waals surface area (Å²) in [7, 11) is 0. The highest BCUT2D eigenvalue weighted by Gasteiger charge is 2.42. The van der Waals surface area contributed by atoms with Crippen LogP contribution in [-0.4, -0.2) is 56.3 Å². The van der Waals surface area contributed by atoms with Crippen LogP contribution in [0.15, 0.2) is 36.7 Å². The third-order valence-electron chi connectivity index (χ3n) is 5.06. The zero-order chi connectivity index (χ0) is 19.8. The molecule has 0 bridgehead atoms. The Morgan fingerprint density at radius 3 is 2.04 bits per heavy atom. The molecule has 0 spiro atoms. The molecule has 0 aliphatic carbocycles. The van der Waals surface area contributed by atoms with Gasteiger partial charge in [-0.05, 0) is 58.9 Å². The van der Waals surface area contributed by atoms with E-state index in [1.165, 1.54) is 0 Å². The van der Waals surface area contributed by atoms with Crippen LogP contribution >= 0.6 is 0 Å². The van der Waals surface area contributed by atoms with Gasteiger partial charge in [-0.2, -0.15) is 0 Å². The lowest BCUT2D eigenvalue weighted by Crippen LogP contribution is -2.65. The topological polar surface area (TPSA) is 66.4 Å². The average molecular weight is 366 g/mol. The van der Waals surface area contributed by atoms with Crippen molar-refractivity contribution in [2.75, 3.05) is 13.1 Å². The predicted molar refractivity (Wildman–Crippen MR) is 104 cm³/mol. The molecule has 3 heterocycles. The number of hydrogen-bond acceptors (Lipinski definition) is 4. The number of hydrogen-bond donors (Lipinski definition) is 0. The fourth-order valence-corrected chi connectivity index (χ4v) is 3.58. The summed E-state index contributed by atoms with van der Waals surface area (Å²) >= 11 is 0. The molecule has 0 radical (unpaired) electrons. The van der Waals surface area contributed by atoms with Crippen molar-refractivity contribution >= 4 is 11.8 Å². The third kappa shape index (κ3) is 3.84. The zero-order valence-electron chi connectivity index (χ0n) is 16.6. The Kier molecular flexibility index (Phi) is 5.00. The van der Waals surface area contributed by atoms with Gasteiger partial charge >= 0.3 is 0 Å². The number of piperazine rings is 1. The van der Waals surface area contributed by atoms with Crippen LogP contribution in [0.5, 0.6) is 0 Å². The van der Waals surface area contributed by atoms with E-state index in [1.54, 1.807) is 36.7 Å². The molecule has 2 amide bonds. The summed E-state index contributed by atoms with van der Waals surface area (Å²) in [5.41, 5.74) is 2.42. The minimum atomic E-state index is -0.474. The van der Waals surface area contributed by atoms with E-state index in [9.17, 15) is 9.59 Å². The Hall–Kier alpha value is -2.76. The molecule has 0 aromatic carbocycles. The average Bonchev–Trinajstić information content (AvgIpc) is 2.62. The summed E-state index contributed by atoms with van der Waals surface area (Å²) in [4.78, 5) is 38.2. The van der Waals surface area contributed by atoms with Crippen molar-refractivity contribution in [3.63, 3.8) is 0 Å². The van der Waals surface area contributed by atoms with Gasteiger partial charge in [-0.3, -0.25) is 19.6 Å². The van der Waals surface area contributed by atoms with Crippen molar-refractivity contribution in [2.45, 2.75) is 46.2 Å². The van der Waals surface area contributed by atoms with Crippen LogP contribution in [0.4, 0.5) is 0 Å². The lowest BCUT2D eigenvalue weighted by molar-refractivity contribution is -0.000515. The molecule has 2 aromatic heterocycles. The second-order valence-corrected chi connectivity index (χ2v) is 7.88. The molecule has 3 rings (SSSR count). The summed E-state index contributed by atoms with van der Waals surface area (Å²) in [5.74, 6) is -0.0443. The van der Waals surface area contributed by atoms with Crippen LogP contribution in [0.1, 0.15) is 52.9 Å². The van der Waals surface area contributed by atoms with Gasteiger partial charge in [0.05, 0.1) is 5.54 Å². The van der Waals surface area contributed by atoms with Gasteiger partial charge in [0.2, 0.25) is 0 Å². The second kappa shape index (κ2) is 7.10. The number of carbonyl (C=O) groups excluding carboxylic acids is 2. The Labute approximate surface area is 160 Å². The first-order valence-electron chi connectivity index (χ1n) is 9.17. The van der Waals surface area contributed by atoms with Gasteiger partial charge in [0.15, 0.2) is 0 Å². The summed E-state index contributed by atoms with van der Waals surface area (Å²) in [6, 6.07) is 7.02. The molecular formula is C21H26N4O2. The lowest BCUT2D eigenvalue weighted by atomic mass is 9.94. The number of rotatable bonds is 2. The maximum Gasteiger partial charge on any atom is 0.254 e. The number of pyridine rings is 2. The van der Waals surface area contributed by atoms with Gasteiger partial charge in [-0.25, -0.2) is 0 Å². The monoisotopic (exact) mass is 366 g/mol. The van der Waals surface area contributed by atoms with Crippen molar-refractivity contribution in [3.8, 4) is 0 Å². The van der Waals surface area contributed by atoms with Crippen molar-refractivity contribution in [1.82, 2.24) is 19.8 Å². The third-order valence-corrected chi connectivity index (χ3v) is 5.06. The van der Waals surface area contributed by atoms with E-state index >= 15 is 0 Å². The summed E-state index contributed by atoms with van der Waals surface area (Å²) < 4.78 is 0. The Bertz CT molecular complexity index is 878. The lowest BCUT2D eigenvalue weighted by Gasteiger charge is -2.50. The van der Waals surface area contributed by atoms with Gasteiger partial charge in [0, 0.05) is 54.0 Å². The molecule has 27 heavy (non-hydrogen) atoms. The second-order valence-electron chi connectivity index (χ2n) is 7.88. The zero-order valence-corrected chi connectivity index (χ0v) is 16.6. The SMILES string of the molecule is Cc1cc(C(=O)N2CC(C)(C)N(C(=O)c3ccnc(C)c3)CC2C)ccn1. The number of aromatic nitrogens is 2. The van der Waals surface area contributed by atoms with E-state index < -0.39 is 5.54 Å². The fraction of sp³-hybridized carbons (Fsp3) is 0.429. The van der Waals surface area contributed by atoms with Crippen molar-refractivity contribution < 1.29 is 9.59 Å². The highest BCUT2D eigenvalue weighted by molar-refractivity contribution is 5.96. The molecular weight excluding hydrogens is 340 g/mol. The van der Waals surface area contributed by atoms with E-state index in [1.807, 2.05) is 44.4 Å². The van der Waals surface area contributed by atoms with Crippen LogP contribution in [0.25, 0.3) is 0 Å². The van der Waals surface area contributed by atoms with Crippen LogP contribution in [-0.2, 0) is 0 Å². The maximum absolute atomic E-state index is 13.1. The molecule has 6 nitrogen and oxygen atoms in total. The molecule has 142 valence electrons. The summed E-state index contributed by atoms with van der Waals surface area (Å²) in [6.07, 6.45) is 3.31. The first kappa shape index (κ1) is 19.0. The smallest absolute Gasteiger partial charge is 0.254 e. The van der Waals surface area contributed by atoms with Gasteiger partial charge in [-0.1, -0.05) is 0 Å². The van der Waals surface area contributed by atoms with E-state index in [-0.39, 0.29) is 17.9 Å². The molecule has 1 atom stereocenters. The Morgan fingerprint density at radius 1 is 1.00 bits per heavy atom. The minimum Gasteiger partial charge on any atom is -0.332 e. The molecule has 1 unspecified atom stereocenters. The number of carbonyl (C=O) groups is 2. The van der Waals surface area contributed by atoms with Gasteiger partial charge in [0.25, 0.3) is 11.8 Å². The Balaban J connectivity index is 1.84. The fourth-order valence-electron chi connectivity index (χ4n) is 3.58. The highest BCUT2D eigenvalue weighted by Crippen LogP contribution is 2.27. The molecule has 0 N–H and O–H groups in total. The largest absolute Gasteiger partial charge is 0.332 e. The van der Waals surface area contributed by atoms with Crippen LogP contribution in [0.3, 0.4) is 0 Å². The normalized spacial score (nSPS) is 19.1. The first-order chi connectivity index (χ1) is 12.7. The number of nitrogens with zero attached hydrogens (tertiary/aromatic N) is 4. The van der Waals surface area contributed by atoms with Crippen LogP contribution in [0.2, 0.25) is 0 Å². The molecule has 6 heteroatoms. The standard InChI is InChI=1S/C21H26N4O2/c1-14-10-17(6-8-22-14)19(26)24-13-21(4,5)25(12-16(24)3)20(27)18-7-9-23-15(2)11-18/h6-11,16H,12-13H2,1-5H3. The molecule has 1 aliphatic heterocycles. The van der Waals surface area contributed by atoms with Gasteiger partial charge < -0.3 is 9.80 Å². The van der Waals surface area contributed by atoms with Crippen molar-refractivity contribution in [3.05, 3.63) is 59.2 Å². The maximum atomic E-state index is 13.1. The molecule has 2 aromatic rings. The van der Waals surface area contributed by atoms with E-state index in [0.29, 0.717) is 24.2 Å². The quantitative estimate of drug-likeness (QED) is 0.820. The number of aryl methyl sites for hydroxylation is 2. The van der Waals surface area contributed by atoms with E-state index in [4.69, 9.17) is 0 Å². The molecule has 1 saturated heterocycles. The van der Waals surface area contributed by atoms with Crippen molar-refractivity contribution in [1.29, 1.82) is 0 Å². The predicted octanol–water partition coefficient (Wildman–Crippen LogP) is 2.86. The molecule has 1 fully saturated rings. The highest BCUT2D eigenvalue weighted by atomic mass is 16.2. The minimum absolute atomic E-state index is 0.0204. The van der Waals surface area contributed by atoms with Crippen LogP contribution in [0, 0.1) is 13.8 Å². The van der Waals surface area contributed by atoms with E-state index in [2.05, 4.69) is 9.97 Å². The summed E-state index contributed by atoms with van der Waals surface area (Å²) in [5, 5.41) is 0. The molecule has 0 saturated carbocycles. The van der Waals surface area contributed by atoms with Crippen LogP contribution < -0.4 is 0 Å². The molecule has 1 aliphatic rings.